The molecule has 0 spiro atoms. The van der Waals surface area contributed by atoms with Crippen LogP contribution in [0.2, 0.25) is 0 Å². The van der Waals surface area contributed by atoms with Crippen LogP contribution in [0.4, 0.5) is 5.69 Å². The lowest BCUT2D eigenvalue weighted by Gasteiger charge is -2.14. The molecular weight excluding hydrogens is 472 g/mol. The Morgan fingerprint density at radius 3 is 2.27 bits per heavy atom. The van der Waals surface area contributed by atoms with Crippen molar-refractivity contribution in [2.75, 3.05) is 19.0 Å². The fraction of sp³-hybridized carbons (Fsp3) is 0.214. The molecule has 192 valence electrons. The minimum atomic E-state index is -0.885. The fourth-order valence-electron chi connectivity index (χ4n) is 3.65. The number of ether oxygens (including phenoxy) is 2. The van der Waals surface area contributed by atoms with Crippen LogP contribution in [0.15, 0.2) is 65.8 Å². The molecule has 0 aliphatic carbocycles. The van der Waals surface area contributed by atoms with Gasteiger partial charge in [-0.3, -0.25) is 14.4 Å². The molecule has 0 bridgehead atoms. The number of rotatable bonds is 9. The van der Waals surface area contributed by atoms with Crippen LogP contribution in [0.5, 0.6) is 11.5 Å². The van der Waals surface area contributed by atoms with Gasteiger partial charge < -0.3 is 20.1 Å². The van der Waals surface area contributed by atoms with Gasteiger partial charge in [0.1, 0.15) is 0 Å². The number of amides is 3. The highest BCUT2D eigenvalue weighted by Gasteiger charge is 2.13. The summed E-state index contributed by atoms with van der Waals surface area (Å²) < 4.78 is 11.0. The average molecular weight is 503 g/mol. The summed E-state index contributed by atoms with van der Waals surface area (Å²) in [6.45, 7) is 5.92. The van der Waals surface area contributed by atoms with Gasteiger partial charge in [0.25, 0.3) is 5.91 Å². The molecule has 0 fully saturated rings. The van der Waals surface area contributed by atoms with Gasteiger partial charge in [-0.15, -0.1) is 0 Å². The summed E-state index contributed by atoms with van der Waals surface area (Å²) in [6, 6.07) is 18.2. The fourth-order valence-corrected chi connectivity index (χ4v) is 3.65. The molecule has 0 atom stereocenters. The Labute approximate surface area is 215 Å². The molecule has 37 heavy (non-hydrogen) atoms. The molecule has 0 aliphatic rings. The summed E-state index contributed by atoms with van der Waals surface area (Å²) in [5.74, 6) is -1.22. The highest BCUT2D eigenvalue weighted by Crippen LogP contribution is 2.28. The second kappa shape index (κ2) is 12.9. The number of hydrogen-bond acceptors (Lipinski definition) is 6. The Bertz CT molecular complexity index is 1280. The Hall–Kier alpha value is -4.66. The van der Waals surface area contributed by atoms with E-state index in [2.05, 4.69) is 21.2 Å². The Morgan fingerprint density at radius 1 is 0.892 bits per heavy atom. The maximum absolute atomic E-state index is 12.5. The zero-order valence-corrected chi connectivity index (χ0v) is 21.3. The van der Waals surface area contributed by atoms with Gasteiger partial charge in [-0.25, -0.2) is 5.43 Å². The second-order valence-electron chi connectivity index (χ2n) is 8.39. The van der Waals surface area contributed by atoms with E-state index in [0.717, 1.165) is 27.9 Å². The van der Waals surface area contributed by atoms with Crippen molar-refractivity contribution in [2.45, 2.75) is 27.3 Å². The van der Waals surface area contributed by atoms with Crippen molar-refractivity contribution in [3.8, 4) is 11.5 Å². The number of nitrogens with one attached hydrogen (secondary N) is 3. The molecule has 9 nitrogen and oxygen atoms in total. The molecule has 0 aromatic heterocycles. The van der Waals surface area contributed by atoms with E-state index in [0.29, 0.717) is 17.1 Å². The maximum atomic E-state index is 12.5. The Morgan fingerprint density at radius 2 is 1.59 bits per heavy atom. The van der Waals surface area contributed by atoms with Crippen LogP contribution < -0.4 is 25.5 Å². The lowest BCUT2D eigenvalue weighted by molar-refractivity contribution is -0.139. The van der Waals surface area contributed by atoms with E-state index in [1.54, 1.807) is 18.2 Å². The molecule has 3 aromatic carbocycles. The Balaban J connectivity index is 1.52. The summed E-state index contributed by atoms with van der Waals surface area (Å²) >= 11 is 0. The highest BCUT2D eigenvalue weighted by molar-refractivity contribution is 6.35. The number of hydrogen-bond donors (Lipinski definition) is 3. The molecule has 0 saturated carbocycles. The van der Waals surface area contributed by atoms with Crippen LogP contribution in [0.25, 0.3) is 0 Å². The number of methoxy groups -OCH3 is 1. The highest BCUT2D eigenvalue weighted by atomic mass is 16.5. The third-order valence-electron chi connectivity index (χ3n) is 5.37. The average Bonchev–Trinajstić information content (AvgIpc) is 2.88. The third-order valence-corrected chi connectivity index (χ3v) is 5.37. The predicted octanol–water partition coefficient (Wildman–Crippen LogP) is 3.40. The van der Waals surface area contributed by atoms with E-state index in [1.807, 2.05) is 63.2 Å². The maximum Gasteiger partial charge on any atom is 0.329 e. The summed E-state index contributed by atoms with van der Waals surface area (Å²) in [5, 5.41) is 9.24. The van der Waals surface area contributed by atoms with Crippen molar-refractivity contribution < 1.29 is 23.9 Å². The summed E-state index contributed by atoms with van der Waals surface area (Å²) in [6.07, 6.45) is 1.37. The van der Waals surface area contributed by atoms with Crippen molar-refractivity contribution in [3.05, 3.63) is 88.5 Å². The van der Waals surface area contributed by atoms with Gasteiger partial charge in [0, 0.05) is 12.2 Å². The van der Waals surface area contributed by atoms with Crippen LogP contribution >= 0.6 is 0 Å². The van der Waals surface area contributed by atoms with E-state index in [1.165, 1.54) is 13.3 Å². The molecule has 3 amide bonds. The summed E-state index contributed by atoms with van der Waals surface area (Å²) in [4.78, 5) is 36.3. The van der Waals surface area contributed by atoms with Crippen LogP contribution in [0, 0.1) is 20.8 Å². The number of anilines is 1. The Kier molecular flexibility index (Phi) is 9.37. The minimum Gasteiger partial charge on any atom is -0.493 e. The van der Waals surface area contributed by atoms with E-state index >= 15 is 0 Å². The van der Waals surface area contributed by atoms with Gasteiger partial charge in [0.2, 0.25) is 0 Å². The first kappa shape index (κ1) is 26.9. The van der Waals surface area contributed by atoms with Gasteiger partial charge in [0.05, 0.1) is 13.3 Å². The van der Waals surface area contributed by atoms with E-state index in [4.69, 9.17) is 9.47 Å². The smallest absolute Gasteiger partial charge is 0.329 e. The number of carbonyl (C=O) groups excluding carboxylic acids is 3. The number of nitrogens with zero attached hydrogens (tertiary/aromatic N) is 1. The van der Waals surface area contributed by atoms with Crippen molar-refractivity contribution in [3.63, 3.8) is 0 Å². The first-order valence-electron chi connectivity index (χ1n) is 11.6. The first-order valence-corrected chi connectivity index (χ1v) is 11.6. The monoisotopic (exact) mass is 502 g/mol. The van der Waals surface area contributed by atoms with Crippen LogP contribution in [0.3, 0.4) is 0 Å². The summed E-state index contributed by atoms with van der Waals surface area (Å²) in [7, 11) is 1.47. The second-order valence-corrected chi connectivity index (χ2v) is 8.39. The van der Waals surface area contributed by atoms with Crippen molar-refractivity contribution >= 4 is 29.6 Å². The van der Waals surface area contributed by atoms with Crippen molar-refractivity contribution in [1.82, 2.24) is 10.7 Å². The van der Waals surface area contributed by atoms with Gasteiger partial charge >= 0.3 is 11.8 Å². The molecule has 3 N–H and O–H groups in total. The van der Waals surface area contributed by atoms with Gasteiger partial charge in [-0.2, -0.15) is 5.10 Å². The molecule has 0 heterocycles. The van der Waals surface area contributed by atoms with Crippen LogP contribution in [0.1, 0.15) is 27.8 Å². The SMILES string of the molecule is COc1cc(/C=N\NC(=O)C(=O)NCc2ccccc2)ccc1OCC(=O)Nc1c(C)cc(C)cc1C. The lowest BCUT2D eigenvalue weighted by atomic mass is 10.1. The van der Waals surface area contributed by atoms with E-state index in [9.17, 15) is 14.4 Å². The van der Waals surface area contributed by atoms with Gasteiger partial charge in [0.15, 0.2) is 18.1 Å². The van der Waals surface area contributed by atoms with Crippen LogP contribution in [-0.2, 0) is 20.9 Å². The lowest BCUT2D eigenvalue weighted by Crippen LogP contribution is -2.37. The zero-order chi connectivity index (χ0) is 26.8. The standard InChI is InChI=1S/C28H30N4O5/c1-18-12-19(2)26(20(3)13-18)31-25(33)17-37-23-11-10-22(14-24(23)36-4)16-30-32-28(35)27(34)29-15-21-8-6-5-7-9-21/h5-14,16H,15,17H2,1-4H3,(H,29,34)(H,31,33)(H,32,35)/b30-16-. The minimum absolute atomic E-state index is 0.204. The molecule has 0 radical (unpaired) electrons. The van der Waals surface area contributed by atoms with Crippen molar-refractivity contribution in [2.24, 2.45) is 5.10 Å². The van der Waals surface area contributed by atoms with Gasteiger partial charge in [-0.1, -0.05) is 48.0 Å². The molecule has 0 aliphatic heterocycles. The normalized spacial score (nSPS) is 10.6. The molecule has 3 rings (SSSR count). The number of hydrazone groups is 1. The van der Waals surface area contributed by atoms with Gasteiger partial charge in [-0.05, 0) is 61.2 Å². The number of aryl methyl sites for hydroxylation is 3. The molecular formula is C28H30N4O5. The number of benzene rings is 3. The summed E-state index contributed by atoms with van der Waals surface area (Å²) in [5.41, 5.74) is 7.51. The van der Waals surface area contributed by atoms with E-state index < -0.39 is 11.8 Å². The zero-order valence-electron chi connectivity index (χ0n) is 21.3. The molecule has 9 heteroatoms. The third kappa shape index (κ3) is 7.93. The van der Waals surface area contributed by atoms with E-state index in [-0.39, 0.29) is 19.1 Å². The predicted molar refractivity (Wildman–Crippen MR) is 142 cm³/mol. The largest absolute Gasteiger partial charge is 0.493 e. The van der Waals surface area contributed by atoms with Crippen LogP contribution in [-0.4, -0.2) is 37.7 Å². The molecule has 0 unspecified atom stereocenters. The molecule has 0 saturated heterocycles. The first-order chi connectivity index (χ1) is 17.8. The quantitative estimate of drug-likeness (QED) is 0.235. The number of carbonyl (C=O) groups is 3. The topological polar surface area (TPSA) is 118 Å². The van der Waals surface area contributed by atoms with Crippen molar-refractivity contribution in [1.29, 1.82) is 0 Å². The molecule has 3 aromatic rings.